The maximum Gasteiger partial charge on any atom is 0.247 e. The lowest BCUT2D eigenvalue weighted by Crippen LogP contribution is -2.19. The van der Waals surface area contributed by atoms with Crippen LogP contribution in [0.4, 0.5) is 11.8 Å². The quantitative estimate of drug-likeness (QED) is 0.571. The summed E-state index contributed by atoms with van der Waals surface area (Å²) in [5.41, 5.74) is 8.85. The van der Waals surface area contributed by atoms with Crippen LogP contribution in [0.25, 0.3) is 22.2 Å². The van der Waals surface area contributed by atoms with Gasteiger partial charge in [0.1, 0.15) is 6.54 Å². The van der Waals surface area contributed by atoms with Gasteiger partial charge in [-0.15, -0.1) is 0 Å². The van der Waals surface area contributed by atoms with Crippen molar-refractivity contribution in [3.8, 4) is 11.3 Å². The van der Waals surface area contributed by atoms with Crippen LogP contribution in [0.3, 0.4) is 0 Å². The van der Waals surface area contributed by atoms with Crippen molar-refractivity contribution in [3.63, 3.8) is 0 Å². The number of amides is 1. The van der Waals surface area contributed by atoms with Gasteiger partial charge in [-0.1, -0.05) is 12.1 Å². The summed E-state index contributed by atoms with van der Waals surface area (Å²) in [5, 5.41) is 12.3. The Bertz CT molecular complexity index is 1120. The predicted octanol–water partition coefficient (Wildman–Crippen LogP) is 1.76. The van der Waals surface area contributed by atoms with E-state index in [0.717, 1.165) is 22.2 Å². The molecule has 136 valence electrons. The second-order valence-corrected chi connectivity index (χ2v) is 6.22. The summed E-state index contributed by atoms with van der Waals surface area (Å²) in [7, 11) is 1.84. The van der Waals surface area contributed by atoms with Crippen LogP contribution in [0.15, 0.2) is 42.7 Å². The van der Waals surface area contributed by atoms with Crippen LogP contribution >= 0.6 is 0 Å². The fraction of sp³-hybridized carbons (Fsp3) is 0.167. The molecular formula is C18H18N8O. The number of para-hydroxylation sites is 1. The first kappa shape index (κ1) is 16.7. The summed E-state index contributed by atoms with van der Waals surface area (Å²) < 4.78 is 3.28. The minimum Gasteiger partial charge on any atom is -0.368 e. The number of aromatic nitrogens is 6. The summed E-state index contributed by atoms with van der Waals surface area (Å²) >= 11 is 0. The van der Waals surface area contributed by atoms with Gasteiger partial charge in [-0.3, -0.25) is 14.2 Å². The minimum absolute atomic E-state index is 0.0600. The van der Waals surface area contributed by atoms with Crippen molar-refractivity contribution in [2.24, 2.45) is 7.05 Å². The van der Waals surface area contributed by atoms with Crippen molar-refractivity contribution in [2.75, 3.05) is 11.1 Å². The summed E-state index contributed by atoms with van der Waals surface area (Å²) in [6.45, 7) is 1.90. The lowest BCUT2D eigenvalue weighted by molar-refractivity contribution is -0.116. The van der Waals surface area contributed by atoms with E-state index in [-0.39, 0.29) is 18.4 Å². The number of hydrogen-bond acceptors (Lipinski definition) is 6. The van der Waals surface area contributed by atoms with E-state index in [1.54, 1.807) is 21.8 Å². The molecule has 0 saturated carbocycles. The van der Waals surface area contributed by atoms with E-state index in [0.29, 0.717) is 11.5 Å². The summed E-state index contributed by atoms with van der Waals surface area (Å²) in [4.78, 5) is 20.7. The molecule has 3 aromatic heterocycles. The molecule has 0 aliphatic rings. The molecular weight excluding hydrogens is 344 g/mol. The Labute approximate surface area is 154 Å². The fourth-order valence-corrected chi connectivity index (χ4v) is 2.95. The first-order chi connectivity index (χ1) is 13.0. The fourth-order valence-electron chi connectivity index (χ4n) is 2.95. The molecule has 1 amide bonds. The number of carbonyl (C=O) groups excluding carboxylic acids is 1. The van der Waals surface area contributed by atoms with Gasteiger partial charge in [-0.05, 0) is 25.1 Å². The van der Waals surface area contributed by atoms with E-state index >= 15 is 0 Å². The van der Waals surface area contributed by atoms with Crippen LogP contribution in [-0.4, -0.2) is 35.4 Å². The Balaban J connectivity index is 1.51. The Morgan fingerprint density at radius 1 is 1.26 bits per heavy atom. The van der Waals surface area contributed by atoms with Gasteiger partial charge in [-0.25, -0.2) is 9.97 Å². The number of benzene rings is 1. The van der Waals surface area contributed by atoms with Gasteiger partial charge >= 0.3 is 0 Å². The van der Waals surface area contributed by atoms with Crippen molar-refractivity contribution in [3.05, 3.63) is 48.4 Å². The number of hydrogen-bond donors (Lipinski definition) is 2. The minimum atomic E-state index is -0.216. The molecule has 0 saturated heterocycles. The first-order valence-corrected chi connectivity index (χ1v) is 8.35. The van der Waals surface area contributed by atoms with Gasteiger partial charge in [0, 0.05) is 29.9 Å². The van der Waals surface area contributed by atoms with Gasteiger partial charge in [0.25, 0.3) is 0 Å². The monoisotopic (exact) mass is 362 g/mol. The molecule has 0 atom stereocenters. The molecule has 9 heteroatoms. The lowest BCUT2D eigenvalue weighted by Gasteiger charge is -2.03. The number of nitrogens with two attached hydrogens (primary N) is 1. The molecule has 0 aliphatic heterocycles. The van der Waals surface area contributed by atoms with Crippen LogP contribution in [0.5, 0.6) is 0 Å². The molecule has 0 fully saturated rings. The molecule has 0 bridgehead atoms. The highest BCUT2D eigenvalue weighted by Gasteiger charge is 2.13. The van der Waals surface area contributed by atoms with E-state index in [4.69, 9.17) is 5.73 Å². The van der Waals surface area contributed by atoms with E-state index < -0.39 is 0 Å². The zero-order chi connectivity index (χ0) is 19.0. The molecule has 0 aliphatic carbocycles. The maximum atomic E-state index is 12.4. The van der Waals surface area contributed by atoms with Crippen molar-refractivity contribution >= 4 is 28.6 Å². The number of anilines is 2. The van der Waals surface area contributed by atoms with Gasteiger partial charge in [0.2, 0.25) is 11.9 Å². The molecule has 0 spiro atoms. The molecule has 4 aromatic rings. The van der Waals surface area contributed by atoms with Gasteiger partial charge in [0.05, 0.1) is 17.4 Å². The SMILES string of the molecule is Cc1cc(-c2cnn(CC(=O)Nc3nn(C)c4ccccc34)c2)nc(N)n1. The first-order valence-electron chi connectivity index (χ1n) is 8.35. The van der Waals surface area contributed by atoms with Crippen molar-refractivity contribution in [1.29, 1.82) is 0 Å². The molecule has 3 heterocycles. The van der Waals surface area contributed by atoms with Crippen molar-refractivity contribution in [1.82, 2.24) is 29.5 Å². The maximum absolute atomic E-state index is 12.4. The molecule has 3 N–H and O–H groups in total. The van der Waals surface area contributed by atoms with Crippen LogP contribution < -0.4 is 11.1 Å². The summed E-state index contributed by atoms with van der Waals surface area (Å²) in [5.74, 6) is 0.522. The molecule has 1 aromatic carbocycles. The Kier molecular flexibility index (Phi) is 4.03. The van der Waals surface area contributed by atoms with Gasteiger partial charge in [0.15, 0.2) is 5.82 Å². The van der Waals surface area contributed by atoms with Crippen LogP contribution in [0, 0.1) is 6.92 Å². The third-order valence-corrected chi connectivity index (χ3v) is 4.12. The van der Waals surface area contributed by atoms with Crippen LogP contribution in [0.1, 0.15) is 5.69 Å². The molecule has 0 radical (unpaired) electrons. The Morgan fingerprint density at radius 2 is 2.07 bits per heavy atom. The number of aryl methyl sites for hydroxylation is 2. The predicted molar refractivity (Wildman–Crippen MR) is 102 cm³/mol. The average Bonchev–Trinajstić information content (AvgIpc) is 3.20. The molecule has 9 nitrogen and oxygen atoms in total. The highest BCUT2D eigenvalue weighted by atomic mass is 16.2. The molecule has 27 heavy (non-hydrogen) atoms. The third-order valence-electron chi connectivity index (χ3n) is 4.12. The number of nitrogens with zero attached hydrogens (tertiary/aromatic N) is 6. The van der Waals surface area contributed by atoms with Crippen LogP contribution in [-0.2, 0) is 18.4 Å². The van der Waals surface area contributed by atoms with Crippen molar-refractivity contribution in [2.45, 2.75) is 13.5 Å². The van der Waals surface area contributed by atoms with Gasteiger partial charge < -0.3 is 11.1 Å². The number of carbonyl (C=O) groups is 1. The summed E-state index contributed by atoms with van der Waals surface area (Å²) in [6.07, 6.45) is 3.39. The van der Waals surface area contributed by atoms with Gasteiger partial charge in [-0.2, -0.15) is 10.2 Å². The zero-order valence-corrected chi connectivity index (χ0v) is 14.9. The largest absolute Gasteiger partial charge is 0.368 e. The highest BCUT2D eigenvalue weighted by Crippen LogP contribution is 2.22. The van der Waals surface area contributed by atoms with E-state index in [9.17, 15) is 4.79 Å². The average molecular weight is 362 g/mol. The Morgan fingerprint density at radius 3 is 2.89 bits per heavy atom. The standard InChI is InChI=1S/C18H18N8O/c1-11-7-14(22-18(19)21-11)12-8-20-26(9-12)10-16(27)23-17-13-5-3-4-6-15(13)25(2)24-17/h3-9H,10H2,1-2H3,(H2,19,21,22)(H,23,24,27). The topological polar surface area (TPSA) is 117 Å². The molecule has 4 rings (SSSR count). The third kappa shape index (κ3) is 3.34. The lowest BCUT2D eigenvalue weighted by atomic mass is 10.2. The second kappa shape index (κ2) is 6.52. The molecule has 0 unspecified atom stereocenters. The smallest absolute Gasteiger partial charge is 0.247 e. The van der Waals surface area contributed by atoms with Crippen LogP contribution in [0.2, 0.25) is 0 Å². The van der Waals surface area contributed by atoms with E-state index in [1.165, 1.54) is 0 Å². The van der Waals surface area contributed by atoms with E-state index in [1.807, 2.05) is 44.3 Å². The number of nitrogens with one attached hydrogen (secondary N) is 1. The normalized spacial score (nSPS) is 11.0. The second-order valence-electron chi connectivity index (χ2n) is 6.22. The summed E-state index contributed by atoms with van der Waals surface area (Å²) in [6, 6.07) is 9.54. The van der Waals surface area contributed by atoms with Crippen molar-refractivity contribution < 1.29 is 4.79 Å². The number of fused-ring (bicyclic) bond motifs is 1. The number of rotatable bonds is 4. The number of nitrogen functional groups attached to an aromatic ring is 1. The van der Waals surface area contributed by atoms with E-state index in [2.05, 4.69) is 25.5 Å². The highest BCUT2D eigenvalue weighted by molar-refractivity contribution is 5.99. The zero-order valence-electron chi connectivity index (χ0n) is 14.9. The Hall–Kier alpha value is -3.75.